The van der Waals surface area contributed by atoms with Crippen LogP contribution in [0.1, 0.15) is 6.42 Å². The highest BCUT2D eigenvalue weighted by Gasteiger charge is 2.22. The Kier molecular flexibility index (Phi) is 5.98. The smallest absolute Gasteiger partial charge is 0.319 e. The molecule has 0 radical (unpaired) electrons. The van der Waals surface area contributed by atoms with Crippen LogP contribution < -0.4 is 0 Å². The van der Waals surface area contributed by atoms with Crippen LogP contribution >= 0.6 is 12.4 Å². The molecule has 15 heavy (non-hydrogen) atoms. The lowest BCUT2D eigenvalue weighted by Crippen LogP contribution is -2.39. The van der Waals surface area contributed by atoms with Crippen molar-refractivity contribution in [2.24, 2.45) is 5.92 Å². The van der Waals surface area contributed by atoms with Crippen molar-refractivity contribution in [1.82, 2.24) is 14.7 Å². The normalized spacial score (nSPS) is 20.9. The number of halogens is 1. The van der Waals surface area contributed by atoms with E-state index >= 15 is 0 Å². The molecule has 0 spiro atoms. The molecule has 1 saturated heterocycles. The molecule has 0 saturated carbocycles. The maximum Gasteiger partial charge on any atom is 0.319 e. The van der Waals surface area contributed by atoms with Gasteiger partial charge in [-0.1, -0.05) is 0 Å². The first-order chi connectivity index (χ1) is 6.50. The van der Waals surface area contributed by atoms with Gasteiger partial charge in [0.25, 0.3) is 0 Å². The molecule has 1 aliphatic rings. The molecule has 1 fully saturated rings. The summed E-state index contributed by atoms with van der Waals surface area (Å²) in [4.78, 5) is 17.3. The van der Waals surface area contributed by atoms with Gasteiger partial charge >= 0.3 is 6.03 Å². The van der Waals surface area contributed by atoms with E-state index in [9.17, 15) is 4.79 Å². The van der Waals surface area contributed by atoms with Crippen LogP contribution in [0.4, 0.5) is 4.79 Å². The van der Waals surface area contributed by atoms with E-state index in [1.165, 1.54) is 6.42 Å². The van der Waals surface area contributed by atoms with Gasteiger partial charge in [-0.25, -0.2) is 4.79 Å². The number of carbonyl (C=O) groups is 1. The van der Waals surface area contributed by atoms with Gasteiger partial charge in [0.2, 0.25) is 0 Å². The van der Waals surface area contributed by atoms with Crippen LogP contribution in [0.15, 0.2) is 0 Å². The highest BCUT2D eigenvalue weighted by atomic mass is 35.5. The predicted octanol–water partition coefficient (Wildman–Crippen LogP) is 0.973. The maximum absolute atomic E-state index is 11.6. The number of hydrogen-bond donors (Lipinski definition) is 0. The first-order valence-corrected chi connectivity index (χ1v) is 5.11. The minimum absolute atomic E-state index is 0. The van der Waals surface area contributed by atoms with Crippen molar-refractivity contribution in [3.8, 4) is 0 Å². The Morgan fingerprint density at radius 1 is 1.40 bits per heavy atom. The fraction of sp³-hybridized carbons (Fsp3) is 0.900. The number of likely N-dealkylation sites (tertiary alicyclic amines) is 1. The van der Waals surface area contributed by atoms with Crippen LogP contribution in [-0.4, -0.2) is 68.6 Å². The van der Waals surface area contributed by atoms with Gasteiger partial charge in [-0.3, -0.25) is 0 Å². The summed E-state index contributed by atoms with van der Waals surface area (Å²) in [6.45, 7) is 3.15. The molecule has 0 aromatic carbocycles. The zero-order chi connectivity index (χ0) is 10.7. The fourth-order valence-corrected chi connectivity index (χ4v) is 1.98. The van der Waals surface area contributed by atoms with Crippen molar-refractivity contribution in [2.75, 3.05) is 47.8 Å². The average molecular weight is 236 g/mol. The lowest BCUT2D eigenvalue weighted by atomic mass is 10.1. The summed E-state index contributed by atoms with van der Waals surface area (Å²) in [5, 5.41) is 0. The molecule has 1 rings (SSSR count). The highest BCUT2D eigenvalue weighted by molar-refractivity contribution is 5.85. The quantitative estimate of drug-likeness (QED) is 0.713. The number of hydrogen-bond acceptors (Lipinski definition) is 2. The van der Waals surface area contributed by atoms with E-state index in [0.29, 0.717) is 5.92 Å². The maximum atomic E-state index is 11.6. The van der Waals surface area contributed by atoms with Crippen LogP contribution in [0.2, 0.25) is 0 Å². The van der Waals surface area contributed by atoms with Crippen molar-refractivity contribution in [3.05, 3.63) is 0 Å². The van der Waals surface area contributed by atoms with Gasteiger partial charge < -0.3 is 14.7 Å². The first kappa shape index (κ1) is 14.5. The van der Waals surface area contributed by atoms with E-state index in [2.05, 4.69) is 11.9 Å². The molecule has 0 bridgehead atoms. The highest BCUT2D eigenvalue weighted by Crippen LogP contribution is 2.15. The molecule has 0 N–H and O–H groups in total. The Bertz CT molecular complexity index is 211. The molecule has 1 heterocycles. The molecule has 2 amide bonds. The largest absolute Gasteiger partial charge is 0.331 e. The molecule has 0 aromatic heterocycles. The van der Waals surface area contributed by atoms with Gasteiger partial charge in [-0.05, 0) is 25.9 Å². The lowest BCUT2D eigenvalue weighted by molar-refractivity contribution is 0.174. The third kappa shape index (κ3) is 4.26. The standard InChI is InChI=1S/C10H21N3O.ClH/c1-11(2)10(14)13(4)8-9-5-6-12(3)7-9;/h9H,5-8H2,1-4H3;1H. The average Bonchev–Trinajstić information content (AvgIpc) is 2.49. The molecule has 5 heteroatoms. The third-order valence-corrected chi connectivity index (χ3v) is 2.73. The molecule has 1 aliphatic heterocycles. The van der Waals surface area contributed by atoms with E-state index in [1.54, 1.807) is 19.0 Å². The Hall–Kier alpha value is -0.480. The van der Waals surface area contributed by atoms with Crippen LogP contribution in [0.25, 0.3) is 0 Å². The van der Waals surface area contributed by atoms with Crippen LogP contribution in [0.3, 0.4) is 0 Å². The van der Waals surface area contributed by atoms with Crippen LogP contribution in [0.5, 0.6) is 0 Å². The van der Waals surface area contributed by atoms with Crippen molar-refractivity contribution in [3.63, 3.8) is 0 Å². The van der Waals surface area contributed by atoms with E-state index in [0.717, 1.165) is 19.6 Å². The number of amides is 2. The molecular weight excluding hydrogens is 214 g/mol. The van der Waals surface area contributed by atoms with Gasteiger partial charge in [0.05, 0.1) is 0 Å². The van der Waals surface area contributed by atoms with E-state index in [1.807, 2.05) is 11.9 Å². The van der Waals surface area contributed by atoms with Gasteiger partial charge in [-0.2, -0.15) is 0 Å². The summed E-state index contributed by atoms with van der Waals surface area (Å²) in [5.41, 5.74) is 0. The topological polar surface area (TPSA) is 26.8 Å². The van der Waals surface area contributed by atoms with Crippen molar-refractivity contribution < 1.29 is 4.79 Å². The molecule has 1 unspecified atom stereocenters. The Balaban J connectivity index is 0.00000196. The number of urea groups is 1. The SMILES string of the molecule is CN1CCC(CN(C)C(=O)N(C)C)C1.Cl. The zero-order valence-corrected chi connectivity index (χ0v) is 10.9. The van der Waals surface area contributed by atoms with Gasteiger partial charge in [0, 0.05) is 34.2 Å². The summed E-state index contributed by atoms with van der Waals surface area (Å²) >= 11 is 0. The molecule has 1 atom stereocenters. The van der Waals surface area contributed by atoms with Gasteiger partial charge in [0.1, 0.15) is 0 Å². The van der Waals surface area contributed by atoms with Crippen LogP contribution in [-0.2, 0) is 0 Å². The Morgan fingerprint density at radius 3 is 2.40 bits per heavy atom. The van der Waals surface area contributed by atoms with E-state index in [-0.39, 0.29) is 18.4 Å². The predicted molar refractivity (Wildman–Crippen MR) is 64.6 cm³/mol. The van der Waals surface area contributed by atoms with Crippen molar-refractivity contribution >= 4 is 18.4 Å². The number of nitrogens with zero attached hydrogens (tertiary/aromatic N) is 3. The van der Waals surface area contributed by atoms with Gasteiger partial charge in [-0.15, -0.1) is 12.4 Å². The zero-order valence-electron chi connectivity index (χ0n) is 10.1. The molecule has 4 nitrogen and oxygen atoms in total. The second-order valence-electron chi connectivity index (χ2n) is 4.47. The van der Waals surface area contributed by atoms with E-state index in [4.69, 9.17) is 0 Å². The second kappa shape index (κ2) is 6.18. The Morgan fingerprint density at radius 2 is 2.00 bits per heavy atom. The lowest BCUT2D eigenvalue weighted by Gasteiger charge is -2.24. The van der Waals surface area contributed by atoms with Crippen molar-refractivity contribution in [1.29, 1.82) is 0 Å². The Labute approximate surface area is 98.6 Å². The summed E-state index contributed by atoms with van der Waals surface area (Å²) < 4.78 is 0. The summed E-state index contributed by atoms with van der Waals surface area (Å²) in [6.07, 6.45) is 1.21. The molecule has 0 aromatic rings. The van der Waals surface area contributed by atoms with E-state index < -0.39 is 0 Å². The number of rotatable bonds is 2. The van der Waals surface area contributed by atoms with Gasteiger partial charge in [0.15, 0.2) is 0 Å². The van der Waals surface area contributed by atoms with Crippen molar-refractivity contribution in [2.45, 2.75) is 6.42 Å². The second-order valence-corrected chi connectivity index (χ2v) is 4.47. The molecule has 90 valence electrons. The minimum Gasteiger partial charge on any atom is -0.331 e. The first-order valence-electron chi connectivity index (χ1n) is 5.11. The fourth-order valence-electron chi connectivity index (χ4n) is 1.98. The molecule has 0 aliphatic carbocycles. The third-order valence-electron chi connectivity index (χ3n) is 2.73. The summed E-state index contributed by atoms with van der Waals surface area (Å²) in [6, 6.07) is 0.0968. The number of carbonyl (C=O) groups excluding carboxylic acids is 1. The van der Waals surface area contributed by atoms with Crippen LogP contribution in [0, 0.1) is 5.92 Å². The summed E-state index contributed by atoms with van der Waals surface area (Å²) in [5.74, 6) is 0.647. The molecular formula is C10H22ClN3O. The minimum atomic E-state index is 0. The monoisotopic (exact) mass is 235 g/mol. The summed E-state index contributed by atoms with van der Waals surface area (Å²) in [7, 11) is 7.59.